The highest BCUT2D eigenvalue weighted by molar-refractivity contribution is 5.66. The van der Waals surface area contributed by atoms with Crippen LogP contribution in [0.15, 0.2) is 0 Å². The molecule has 0 aromatic heterocycles. The van der Waals surface area contributed by atoms with Gasteiger partial charge in [-0.2, -0.15) is 10.5 Å². The third-order valence-electron chi connectivity index (χ3n) is 0.509. The summed E-state index contributed by atoms with van der Waals surface area (Å²) in [6, 6.07) is 0. The SMILES string of the molecule is N#CN(C(=O)OO)[N+](=O)[O-]. The maximum absolute atomic E-state index is 9.97. The molecule has 0 aromatic rings. The largest absolute Gasteiger partial charge is 0.514 e. The molecule has 0 aromatic carbocycles. The van der Waals surface area contributed by atoms with Gasteiger partial charge >= 0.3 is 6.09 Å². The molecule has 0 unspecified atom stereocenters. The molecular formula is C2HN3O5. The van der Waals surface area contributed by atoms with Crippen LogP contribution in [-0.2, 0) is 4.89 Å². The van der Waals surface area contributed by atoms with Crippen LogP contribution in [-0.4, -0.2) is 21.4 Å². The molecule has 8 nitrogen and oxygen atoms in total. The van der Waals surface area contributed by atoms with Crippen molar-refractivity contribution < 1.29 is 20.0 Å². The van der Waals surface area contributed by atoms with Crippen LogP contribution in [0.1, 0.15) is 0 Å². The van der Waals surface area contributed by atoms with Gasteiger partial charge in [-0.3, -0.25) is 4.89 Å². The lowest BCUT2D eigenvalue weighted by Gasteiger charge is -1.96. The van der Waals surface area contributed by atoms with E-state index in [0.717, 1.165) is 6.19 Å². The number of nitriles is 1. The van der Waals surface area contributed by atoms with E-state index in [9.17, 15) is 14.9 Å². The van der Waals surface area contributed by atoms with Crippen molar-refractivity contribution in [2.45, 2.75) is 0 Å². The number of nitro groups is 1. The molecule has 1 amide bonds. The fourth-order valence-corrected chi connectivity index (χ4v) is 0.183. The Hall–Kier alpha value is -1.88. The number of carbonyl (C=O) groups is 1. The second-order valence-electron chi connectivity index (χ2n) is 1.01. The smallest absolute Gasteiger partial charge is 0.273 e. The molecule has 8 heteroatoms. The lowest BCUT2D eigenvalue weighted by molar-refractivity contribution is -0.618. The molecule has 0 heterocycles. The maximum Gasteiger partial charge on any atom is 0.514 e. The standard InChI is InChI=1S/C2HN3O5/c3-1-4(5(7)8)2(6)10-9/h9H. The molecule has 0 aliphatic carbocycles. The van der Waals surface area contributed by atoms with Gasteiger partial charge in [0.25, 0.3) is 6.19 Å². The molecule has 54 valence electrons. The first kappa shape index (κ1) is 8.12. The quantitative estimate of drug-likeness (QED) is 0.177. The predicted molar refractivity (Wildman–Crippen MR) is 23.6 cm³/mol. The summed E-state index contributed by atoms with van der Waals surface area (Å²) in [7, 11) is 0. The molecule has 0 fully saturated rings. The number of hydrogen-bond donors (Lipinski definition) is 1. The van der Waals surface area contributed by atoms with E-state index in [0.29, 0.717) is 0 Å². The van der Waals surface area contributed by atoms with E-state index in [1.54, 1.807) is 0 Å². The average molecular weight is 147 g/mol. The van der Waals surface area contributed by atoms with Gasteiger partial charge in [-0.15, -0.1) is 0 Å². The first-order valence-corrected chi connectivity index (χ1v) is 1.83. The van der Waals surface area contributed by atoms with Gasteiger partial charge < -0.3 is 0 Å². The van der Waals surface area contributed by atoms with Gasteiger partial charge in [0, 0.05) is 0 Å². The van der Waals surface area contributed by atoms with Crippen molar-refractivity contribution in [3.05, 3.63) is 10.1 Å². The van der Waals surface area contributed by atoms with E-state index >= 15 is 0 Å². The lowest BCUT2D eigenvalue weighted by atomic mass is 11.0. The van der Waals surface area contributed by atoms with E-state index in [4.69, 9.17) is 10.5 Å². The highest BCUT2D eigenvalue weighted by Gasteiger charge is 2.26. The minimum atomic E-state index is -1.76. The minimum absolute atomic E-state index is 0.569. The Balaban J connectivity index is 4.25. The van der Waals surface area contributed by atoms with Crippen LogP contribution in [0.4, 0.5) is 4.79 Å². The van der Waals surface area contributed by atoms with Crippen LogP contribution in [0.2, 0.25) is 0 Å². The van der Waals surface area contributed by atoms with Crippen LogP contribution in [0, 0.1) is 21.6 Å². The molecule has 0 spiro atoms. The van der Waals surface area contributed by atoms with Gasteiger partial charge in [0.15, 0.2) is 5.03 Å². The molecule has 0 radical (unpaired) electrons. The Morgan fingerprint density at radius 2 is 2.40 bits per heavy atom. The van der Waals surface area contributed by atoms with Crippen molar-refractivity contribution in [1.29, 1.82) is 5.26 Å². The molecule has 1 N–H and O–H groups in total. The second-order valence-corrected chi connectivity index (χ2v) is 1.01. The fraction of sp³-hybridized carbons (Fsp3) is 0. The summed E-state index contributed by atoms with van der Waals surface area (Å²) < 4.78 is 0. The Morgan fingerprint density at radius 1 is 1.90 bits per heavy atom. The first-order valence-electron chi connectivity index (χ1n) is 1.83. The van der Waals surface area contributed by atoms with Gasteiger partial charge in [0.05, 0.1) is 5.01 Å². The highest BCUT2D eigenvalue weighted by Crippen LogP contribution is 1.88. The molecule has 0 saturated carbocycles. The van der Waals surface area contributed by atoms with Crippen molar-refractivity contribution in [3.8, 4) is 6.19 Å². The molecule has 10 heavy (non-hydrogen) atoms. The van der Waals surface area contributed by atoms with Crippen LogP contribution >= 0.6 is 0 Å². The number of carbonyl (C=O) groups excluding carboxylic acids is 1. The van der Waals surface area contributed by atoms with E-state index < -0.39 is 16.1 Å². The van der Waals surface area contributed by atoms with Crippen LogP contribution < -0.4 is 0 Å². The van der Waals surface area contributed by atoms with Crippen molar-refractivity contribution in [2.24, 2.45) is 0 Å². The number of nitrogens with zero attached hydrogens (tertiary/aromatic N) is 3. The first-order chi connectivity index (χ1) is 4.63. The summed E-state index contributed by atoms with van der Waals surface area (Å²) >= 11 is 0. The zero-order chi connectivity index (χ0) is 8.15. The fourth-order valence-electron chi connectivity index (χ4n) is 0.183. The summed E-state index contributed by atoms with van der Waals surface area (Å²) in [5, 5.41) is 23.1. The third kappa shape index (κ3) is 1.57. The van der Waals surface area contributed by atoms with Crippen molar-refractivity contribution >= 4 is 6.09 Å². The number of rotatable bonds is 1. The summed E-state index contributed by atoms with van der Waals surface area (Å²) in [6.45, 7) is 0. The molecule has 0 saturated heterocycles. The number of hydrazine groups is 1. The molecule has 0 rings (SSSR count). The van der Waals surface area contributed by atoms with E-state index in [-0.39, 0.29) is 0 Å². The molecule has 0 atom stereocenters. The normalized spacial score (nSPS) is 7.60. The van der Waals surface area contributed by atoms with E-state index in [1.807, 2.05) is 0 Å². The Kier molecular flexibility index (Phi) is 2.60. The van der Waals surface area contributed by atoms with Gasteiger partial charge in [0.1, 0.15) is 0 Å². The zero-order valence-corrected chi connectivity index (χ0v) is 4.42. The zero-order valence-electron chi connectivity index (χ0n) is 4.42. The number of hydrogen-bond acceptors (Lipinski definition) is 6. The van der Waals surface area contributed by atoms with Crippen molar-refractivity contribution in [2.75, 3.05) is 0 Å². The second kappa shape index (κ2) is 3.21. The van der Waals surface area contributed by atoms with Gasteiger partial charge in [0.2, 0.25) is 0 Å². The van der Waals surface area contributed by atoms with Gasteiger partial charge in [-0.05, 0) is 0 Å². The Labute approximate surface area is 53.9 Å². The highest BCUT2D eigenvalue weighted by atomic mass is 17.1. The average Bonchev–Trinajstić information content (AvgIpc) is 1.88. The summed E-state index contributed by atoms with van der Waals surface area (Å²) in [5.41, 5.74) is 0. The Morgan fingerprint density at radius 3 is 2.50 bits per heavy atom. The predicted octanol–water partition coefficient (Wildman–Crippen LogP) is -0.429. The Bertz CT molecular complexity index is 194. The molecule has 0 bridgehead atoms. The summed E-state index contributed by atoms with van der Waals surface area (Å²) in [6.07, 6.45) is -0.905. The van der Waals surface area contributed by atoms with Crippen LogP contribution in [0.3, 0.4) is 0 Å². The molecular weight excluding hydrogens is 146 g/mol. The van der Waals surface area contributed by atoms with Crippen LogP contribution in [0.5, 0.6) is 0 Å². The topological polar surface area (TPSA) is 117 Å². The van der Waals surface area contributed by atoms with E-state index in [2.05, 4.69) is 4.89 Å². The van der Waals surface area contributed by atoms with E-state index in [1.165, 1.54) is 0 Å². The van der Waals surface area contributed by atoms with Crippen molar-refractivity contribution in [1.82, 2.24) is 5.01 Å². The summed E-state index contributed by atoms with van der Waals surface area (Å²) in [5.74, 6) is 0. The monoisotopic (exact) mass is 147 g/mol. The summed E-state index contributed by atoms with van der Waals surface area (Å²) in [4.78, 5) is 22.5. The number of amides is 1. The minimum Gasteiger partial charge on any atom is -0.273 e. The van der Waals surface area contributed by atoms with Crippen molar-refractivity contribution in [3.63, 3.8) is 0 Å². The lowest BCUT2D eigenvalue weighted by Crippen LogP contribution is -2.31. The molecule has 0 aliphatic heterocycles. The van der Waals surface area contributed by atoms with Crippen LogP contribution in [0.25, 0.3) is 0 Å². The van der Waals surface area contributed by atoms with Gasteiger partial charge in [-0.25, -0.2) is 14.9 Å². The molecule has 0 aliphatic rings. The van der Waals surface area contributed by atoms with Gasteiger partial charge in [-0.1, -0.05) is 0 Å². The third-order valence-corrected chi connectivity index (χ3v) is 0.509. The maximum atomic E-state index is 9.97.